The van der Waals surface area contributed by atoms with E-state index in [-0.39, 0.29) is 12.6 Å². The first kappa shape index (κ1) is 22.1. The molecule has 2 aliphatic heterocycles. The Labute approximate surface area is 192 Å². The standard InChI is InChI=1S/C25H26ClN3O3/c1-2-32-24(30)22-21(27-25(31)28-23(22)19-8-10-20(26)11-9-19)16-29-14-12-18(13-15-29)17-6-4-3-5-7-17/h3-12,23H,2,13-16H2,1H3,(H2,27,28,31)/t23-/m1/s1. The highest BCUT2D eigenvalue weighted by molar-refractivity contribution is 6.30. The largest absolute Gasteiger partial charge is 0.463 e. The molecule has 0 saturated heterocycles. The molecule has 0 fully saturated rings. The summed E-state index contributed by atoms with van der Waals surface area (Å²) in [5, 5.41) is 6.29. The third-order valence-electron chi connectivity index (χ3n) is 5.67. The number of nitrogens with one attached hydrogen (secondary N) is 2. The minimum absolute atomic E-state index is 0.254. The van der Waals surface area contributed by atoms with Gasteiger partial charge in [0.15, 0.2) is 0 Å². The lowest BCUT2D eigenvalue weighted by molar-refractivity contribution is -0.139. The minimum atomic E-state index is -0.602. The number of hydrogen-bond acceptors (Lipinski definition) is 4. The summed E-state index contributed by atoms with van der Waals surface area (Å²) in [7, 11) is 0. The predicted molar refractivity (Wildman–Crippen MR) is 125 cm³/mol. The van der Waals surface area contributed by atoms with Crippen LogP contribution in [0.5, 0.6) is 0 Å². The van der Waals surface area contributed by atoms with Crippen LogP contribution >= 0.6 is 11.6 Å². The smallest absolute Gasteiger partial charge is 0.338 e. The number of nitrogens with zero attached hydrogens (tertiary/aromatic N) is 1. The number of ether oxygens (including phenoxy) is 1. The van der Waals surface area contributed by atoms with Crippen LogP contribution in [0.25, 0.3) is 5.57 Å². The Kier molecular flexibility index (Phi) is 6.93. The summed E-state index contributed by atoms with van der Waals surface area (Å²) in [5.74, 6) is -0.438. The van der Waals surface area contributed by atoms with Crippen molar-refractivity contribution in [3.8, 4) is 0 Å². The van der Waals surface area contributed by atoms with E-state index in [4.69, 9.17) is 16.3 Å². The van der Waals surface area contributed by atoms with Gasteiger partial charge in [-0.1, -0.05) is 60.1 Å². The lowest BCUT2D eigenvalue weighted by Crippen LogP contribution is -2.48. The average Bonchev–Trinajstić information content (AvgIpc) is 2.80. The number of carbonyl (C=O) groups is 2. The maximum atomic E-state index is 12.9. The van der Waals surface area contributed by atoms with Gasteiger partial charge in [0.1, 0.15) is 0 Å². The summed E-state index contributed by atoms with van der Waals surface area (Å²) in [6, 6.07) is 16.5. The molecule has 0 unspecified atom stereocenters. The van der Waals surface area contributed by atoms with Crippen molar-refractivity contribution in [2.24, 2.45) is 0 Å². The van der Waals surface area contributed by atoms with Gasteiger partial charge in [-0.2, -0.15) is 0 Å². The fourth-order valence-electron chi connectivity index (χ4n) is 4.09. The molecule has 166 valence electrons. The van der Waals surface area contributed by atoms with Crippen LogP contribution in [0.4, 0.5) is 4.79 Å². The molecular weight excluding hydrogens is 426 g/mol. The molecular formula is C25H26ClN3O3. The first-order chi connectivity index (χ1) is 15.5. The third-order valence-corrected chi connectivity index (χ3v) is 5.92. The van der Waals surface area contributed by atoms with Crippen molar-refractivity contribution in [2.45, 2.75) is 19.4 Å². The van der Waals surface area contributed by atoms with E-state index in [1.807, 2.05) is 30.3 Å². The van der Waals surface area contributed by atoms with Crippen LogP contribution in [0, 0.1) is 0 Å². The first-order valence-corrected chi connectivity index (χ1v) is 11.1. The average molecular weight is 452 g/mol. The Bertz CT molecular complexity index is 1050. The Morgan fingerprint density at radius 3 is 2.56 bits per heavy atom. The molecule has 2 heterocycles. The minimum Gasteiger partial charge on any atom is -0.463 e. The maximum Gasteiger partial charge on any atom is 0.338 e. The van der Waals surface area contributed by atoms with Crippen molar-refractivity contribution in [3.05, 3.63) is 88.1 Å². The number of amides is 2. The summed E-state index contributed by atoms with van der Waals surface area (Å²) in [6.07, 6.45) is 3.11. The predicted octanol–water partition coefficient (Wildman–Crippen LogP) is 4.30. The quantitative estimate of drug-likeness (QED) is 0.642. The third kappa shape index (κ3) is 5.03. The van der Waals surface area contributed by atoms with Crippen molar-refractivity contribution in [1.82, 2.24) is 15.5 Å². The highest BCUT2D eigenvalue weighted by Crippen LogP contribution is 2.30. The highest BCUT2D eigenvalue weighted by atomic mass is 35.5. The first-order valence-electron chi connectivity index (χ1n) is 10.7. The van der Waals surface area contributed by atoms with Crippen LogP contribution < -0.4 is 10.6 Å². The molecule has 0 radical (unpaired) electrons. The molecule has 2 aromatic carbocycles. The van der Waals surface area contributed by atoms with Crippen LogP contribution in [-0.2, 0) is 9.53 Å². The molecule has 2 aromatic rings. The van der Waals surface area contributed by atoms with E-state index in [1.165, 1.54) is 11.1 Å². The van der Waals surface area contributed by atoms with E-state index in [9.17, 15) is 9.59 Å². The zero-order valence-corrected chi connectivity index (χ0v) is 18.7. The van der Waals surface area contributed by atoms with Crippen molar-refractivity contribution in [2.75, 3.05) is 26.2 Å². The monoisotopic (exact) mass is 451 g/mol. The molecule has 1 atom stereocenters. The van der Waals surface area contributed by atoms with Crippen LogP contribution in [0.15, 0.2) is 71.9 Å². The van der Waals surface area contributed by atoms with Crippen LogP contribution in [0.3, 0.4) is 0 Å². The number of benzene rings is 2. The Morgan fingerprint density at radius 2 is 1.91 bits per heavy atom. The van der Waals surface area contributed by atoms with Gasteiger partial charge in [-0.05, 0) is 42.2 Å². The van der Waals surface area contributed by atoms with Crippen molar-refractivity contribution in [1.29, 1.82) is 0 Å². The molecule has 6 nitrogen and oxygen atoms in total. The Morgan fingerprint density at radius 1 is 1.16 bits per heavy atom. The van der Waals surface area contributed by atoms with Gasteiger partial charge in [0.05, 0.1) is 18.2 Å². The lowest BCUT2D eigenvalue weighted by Gasteiger charge is -2.33. The molecule has 0 aromatic heterocycles. The maximum absolute atomic E-state index is 12.9. The van der Waals surface area contributed by atoms with E-state index < -0.39 is 12.0 Å². The van der Waals surface area contributed by atoms with Gasteiger partial charge in [0.25, 0.3) is 0 Å². The number of esters is 1. The van der Waals surface area contributed by atoms with E-state index in [0.29, 0.717) is 22.8 Å². The summed E-state index contributed by atoms with van der Waals surface area (Å²) in [4.78, 5) is 27.6. The number of carbonyl (C=O) groups excluding carboxylic acids is 2. The van der Waals surface area contributed by atoms with Crippen molar-refractivity contribution < 1.29 is 14.3 Å². The van der Waals surface area contributed by atoms with Gasteiger partial charge < -0.3 is 15.4 Å². The molecule has 0 spiro atoms. The van der Waals surface area contributed by atoms with Gasteiger partial charge in [-0.15, -0.1) is 0 Å². The normalized spacial score (nSPS) is 19.1. The zero-order valence-electron chi connectivity index (χ0n) is 17.9. The summed E-state index contributed by atoms with van der Waals surface area (Å²) >= 11 is 6.03. The SMILES string of the molecule is CCOC(=O)C1=C(CN2CC=C(c3ccccc3)CC2)NC(=O)N[C@@H]1c1ccc(Cl)cc1. The van der Waals surface area contributed by atoms with E-state index in [0.717, 1.165) is 25.1 Å². The molecule has 2 N–H and O–H groups in total. The highest BCUT2D eigenvalue weighted by Gasteiger charge is 2.34. The fourth-order valence-corrected chi connectivity index (χ4v) is 4.22. The van der Waals surface area contributed by atoms with Crippen LogP contribution in [0.1, 0.15) is 30.5 Å². The molecule has 0 bridgehead atoms. The topological polar surface area (TPSA) is 70.7 Å². The van der Waals surface area contributed by atoms with E-state index in [1.54, 1.807) is 19.1 Å². The van der Waals surface area contributed by atoms with Crippen molar-refractivity contribution in [3.63, 3.8) is 0 Å². The van der Waals surface area contributed by atoms with Gasteiger partial charge in [0.2, 0.25) is 0 Å². The molecule has 0 saturated carbocycles. The lowest BCUT2D eigenvalue weighted by atomic mass is 9.94. The summed E-state index contributed by atoms with van der Waals surface area (Å²) in [6.45, 7) is 4.03. The van der Waals surface area contributed by atoms with Crippen LogP contribution in [-0.4, -0.2) is 43.1 Å². The van der Waals surface area contributed by atoms with Crippen molar-refractivity contribution >= 4 is 29.2 Å². The zero-order chi connectivity index (χ0) is 22.5. The van der Waals surface area contributed by atoms with Gasteiger partial charge >= 0.3 is 12.0 Å². The second-order valence-electron chi connectivity index (χ2n) is 7.78. The Hall–Kier alpha value is -3.09. The van der Waals surface area contributed by atoms with E-state index >= 15 is 0 Å². The number of hydrogen-bond donors (Lipinski definition) is 2. The summed E-state index contributed by atoms with van der Waals surface area (Å²) < 4.78 is 5.34. The molecule has 4 rings (SSSR count). The second kappa shape index (κ2) is 10.0. The Balaban J connectivity index is 1.60. The van der Waals surface area contributed by atoms with Crippen LogP contribution in [0.2, 0.25) is 5.02 Å². The number of halogens is 1. The molecule has 0 aliphatic carbocycles. The second-order valence-corrected chi connectivity index (χ2v) is 8.21. The number of urea groups is 1. The summed E-state index contributed by atoms with van der Waals surface area (Å²) in [5.41, 5.74) is 4.32. The molecule has 7 heteroatoms. The van der Waals surface area contributed by atoms with Gasteiger partial charge in [-0.25, -0.2) is 9.59 Å². The van der Waals surface area contributed by atoms with Gasteiger partial charge in [0, 0.05) is 30.4 Å². The number of rotatable bonds is 6. The molecule has 32 heavy (non-hydrogen) atoms. The fraction of sp³-hybridized carbons (Fsp3) is 0.280. The molecule has 2 aliphatic rings. The van der Waals surface area contributed by atoms with Gasteiger partial charge in [-0.3, -0.25) is 4.90 Å². The molecule has 2 amide bonds. The van der Waals surface area contributed by atoms with E-state index in [2.05, 4.69) is 33.7 Å².